The largest absolute Gasteiger partial charge is 0.508 e. The Morgan fingerprint density at radius 1 is 1.44 bits per heavy atom. The Balaban J connectivity index is 2.33. The summed E-state index contributed by atoms with van der Waals surface area (Å²) in [6.07, 6.45) is 0.445. The molecule has 1 aromatic rings. The molecule has 0 fully saturated rings. The molecule has 1 rings (SSSR count). The van der Waals surface area contributed by atoms with Crippen molar-refractivity contribution < 1.29 is 14.6 Å². The highest BCUT2D eigenvalue weighted by atomic mass is 16.5. The maximum atomic E-state index is 11.6. The zero-order valence-electron chi connectivity index (χ0n) is 10.6. The zero-order chi connectivity index (χ0) is 13.4. The van der Waals surface area contributed by atoms with E-state index < -0.39 is 6.04 Å². The quantitative estimate of drug-likeness (QED) is 0.614. The van der Waals surface area contributed by atoms with Crippen molar-refractivity contribution in [1.82, 2.24) is 5.32 Å². The Morgan fingerprint density at radius 2 is 2.11 bits per heavy atom. The van der Waals surface area contributed by atoms with Crippen LogP contribution in [0.4, 0.5) is 0 Å². The molecule has 0 heterocycles. The van der Waals surface area contributed by atoms with E-state index in [1.54, 1.807) is 24.3 Å². The molecule has 5 nitrogen and oxygen atoms in total. The minimum Gasteiger partial charge on any atom is -0.508 e. The van der Waals surface area contributed by atoms with Gasteiger partial charge in [-0.1, -0.05) is 12.1 Å². The number of phenols is 1. The van der Waals surface area contributed by atoms with Gasteiger partial charge in [-0.15, -0.1) is 0 Å². The van der Waals surface area contributed by atoms with E-state index in [1.807, 2.05) is 6.92 Å². The van der Waals surface area contributed by atoms with Crippen molar-refractivity contribution in [2.24, 2.45) is 5.73 Å². The van der Waals surface area contributed by atoms with Crippen molar-refractivity contribution in [2.75, 3.05) is 19.8 Å². The summed E-state index contributed by atoms with van der Waals surface area (Å²) in [4.78, 5) is 11.6. The van der Waals surface area contributed by atoms with Crippen LogP contribution in [0, 0.1) is 0 Å². The third-order valence-electron chi connectivity index (χ3n) is 2.48. The van der Waals surface area contributed by atoms with Crippen molar-refractivity contribution in [1.29, 1.82) is 0 Å². The molecular formula is C13H20N2O3. The minimum absolute atomic E-state index is 0.192. The molecule has 1 aromatic carbocycles. The standard InChI is InChI=1S/C13H20N2O3/c1-2-18-8-7-15-13(17)12(14)9-10-3-5-11(16)6-4-10/h3-6,12,16H,2,7-9,14H2,1H3,(H,15,17)/t12-/m1/s1. The molecule has 4 N–H and O–H groups in total. The third kappa shape index (κ3) is 5.16. The summed E-state index contributed by atoms with van der Waals surface area (Å²) in [7, 11) is 0. The van der Waals surface area contributed by atoms with E-state index in [4.69, 9.17) is 15.6 Å². The average molecular weight is 252 g/mol. The summed E-state index contributed by atoms with van der Waals surface area (Å²) in [6.45, 7) is 3.50. The van der Waals surface area contributed by atoms with Crippen LogP contribution in [0.15, 0.2) is 24.3 Å². The van der Waals surface area contributed by atoms with Crippen molar-refractivity contribution in [2.45, 2.75) is 19.4 Å². The molecule has 18 heavy (non-hydrogen) atoms. The number of carbonyl (C=O) groups excluding carboxylic acids is 1. The molecular weight excluding hydrogens is 232 g/mol. The third-order valence-corrected chi connectivity index (χ3v) is 2.48. The van der Waals surface area contributed by atoms with E-state index >= 15 is 0 Å². The number of hydrogen-bond acceptors (Lipinski definition) is 4. The summed E-state index contributed by atoms with van der Waals surface area (Å²) in [5, 5.41) is 11.9. The zero-order valence-corrected chi connectivity index (χ0v) is 10.6. The molecule has 0 saturated carbocycles. The van der Waals surface area contributed by atoms with Crippen LogP contribution < -0.4 is 11.1 Å². The smallest absolute Gasteiger partial charge is 0.237 e. The summed E-state index contributed by atoms with van der Waals surface area (Å²) in [5.41, 5.74) is 6.70. The molecule has 100 valence electrons. The minimum atomic E-state index is -0.587. The molecule has 0 aliphatic heterocycles. The molecule has 0 aromatic heterocycles. The van der Waals surface area contributed by atoms with Crippen molar-refractivity contribution >= 4 is 5.91 Å². The number of hydrogen-bond donors (Lipinski definition) is 3. The van der Waals surface area contributed by atoms with Gasteiger partial charge in [0.1, 0.15) is 5.75 Å². The molecule has 0 aliphatic rings. The highest BCUT2D eigenvalue weighted by Crippen LogP contribution is 2.10. The van der Waals surface area contributed by atoms with Gasteiger partial charge in [-0.3, -0.25) is 4.79 Å². The highest BCUT2D eigenvalue weighted by Gasteiger charge is 2.13. The number of carbonyl (C=O) groups is 1. The Morgan fingerprint density at radius 3 is 2.72 bits per heavy atom. The predicted molar refractivity (Wildman–Crippen MR) is 69.3 cm³/mol. The molecule has 5 heteroatoms. The fourth-order valence-corrected chi connectivity index (χ4v) is 1.50. The molecule has 0 spiro atoms. The van der Waals surface area contributed by atoms with Gasteiger partial charge in [-0.25, -0.2) is 0 Å². The van der Waals surface area contributed by atoms with Gasteiger partial charge in [0, 0.05) is 13.2 Å². The lowest BCUT2D eigenvalue weighted by atomic mass is 10.1. The average Bonchev–Trinajstić information content (AvgIpc) is 2.37. The number of rotatable bonds is 7. The highest BCUT2D eigenvalue weighted by molar-refractivity contribution is 5.81. The Kier molecular flexibility index (Phi) is 6.18. The number of amides is 1. The van der Waals surface area contributed by atoms with Crippen LogP contribution in [0.25, 0.3) is 0 Å². The first kappa shape index (κ1) is 14.5. The van der Waals surface area contributed by atoms with E-state index in [2.05, 4.69) is 5.32 Å². The second kappa shape index (κ2) is 7.68. The van der Waals surface area contributed by atoms with E-state index in [9.17, 15) is 4.79 Å². The fourth-order valence-electron chi connectivity index (χ4n) is 1.50. The second-order valence-corrected chi connectivity index (χ2v) is 3.97. The molecule has 0 bridgehead atoms. The Labute approximate surface area is 107 Å². The molecule has 0 unspecified atom stereocenters. The summed E-state index contributed by atoms with van der Waals surface area (Å²) < 4.78 is 5.11. The normalized spacial score (nSPS) is 12.1. The van der Waals surface area contributed by atoms with Gasteiger partial charge >= 0.3 is 0 Å². The molecule has 1 atom stereocenters. The van der Waals surface area contributed by atoms with Crippen LogP contribution >= 0.6 is 0 Å². The first-order chi connectivity index (χ1) is 8.63. The van der Waals surface area contributed by atoms with E-state index in [-0.39, 0.29) is 11.7 Å². The van der Waals surface area contributed by atoms with Crippen LogP contribution in [0.3, 0.4) is 0 Å². The van der Waals surface area contributed by atoms with Gasteiger partial charge in [-0.05, 0) is 31.0 Å². The van der Waals surface area contributed by atoms with Gasteiger partial charge in [-0.2, -0.15) is 0 Å². The van der Waals surface area contributed by atoms with Crippen LogP contribution in [0.2, 0.25) is 0 Å². The van der Waals surface area contributed by atoms with E-state index in [0.717, 1.165) is 5.56 Å². The van der Waals surface area contributed by atoms with Crippen LogP contribution in [-0.2, 0) is 16.0 Å². The summed E-state index contributed by atoms with van der Waals surface area (Å²) in [5.74, 6) is 0.0104. The summed E-state index contributed by atoms with van der Waals surface area (Å²) >= 11 is 0. The Bertz CT molecular complexity index is 365. The van der Waals surface area contributed by atoms with Gasteiger partial charge < -0.3 is 20.9 Å². The fraction of sp³-hybridized carbons (Fsp3) is 0.462. The number of nitrogens with one attached hydrogen (secondary N) is 1. The summed E-state index contributed by atoms with van der Waals surface area (Å²) in [6, 6.07) is 6.08. The number of nitrogens with two attached hydrogens (primary N) is 1. The van der Waals surface area contributed by atoms with Crippen LogP contribution in [0.5, 0.6) is 5.75 Å². The number of phenolic OH excluding ortho intramolecular Hbond substituents is 1. The second-order valence-electron chi connectivity index (χ2n) is 3.97. The van der Waals surface area contributed by atoms with Gasteiger partial charge in [0.2, 0.25) is 5.91 Å². The first-order valence-electron chi connectivity index (χ1n) is 6.02. The SMILES string of the molecule is CCOCCNC(=O)[C@H](N)Cc1ccc(O)cc1. The lowest BCUT2D eigenvalue weighted by molar-refractivity contribution is -0.122. The van der Waals surface area contributed by atoms with Crippen molar-refractivity contribution in [3.8, 4) is 5.75 Å². The molecule has 0 aliphatic carbocycles. The first-order valence-corrected chi connectivity index (χ1v) is 6.02. The topological polar surface area (TPSA) is 84.6 Å². The van der Waals surface area contributed by atoms with Crippen LogP contribution in [-0.4, -0.2) is 36.8 Å². The molecule has 0 radical (unpaired) electrons. The van der Waals surface area contributed by atoms with Crippen molar-refractivity contribution in [3.63, 3.8) is 0 Å². The number of ether oxygens (including phenoxy) is 1. The number of aromatic hydroxyl groups is 1. The number of benzene rings is 1. The van der Waals surface area contributed by atoms with Gasteiger partial charge in [0.25, 0.3) is 0 Å². The predicted octanol–water partition coefficient (Wildman–Crippen LogP) is 0.415. The molecule has 0 saturated heterocycles. The lowest BCUT2D eigenvalue weighted by Crippen LogP contribution is -2.43. The maximum Gasteiger partial charge on any atom is 0.237 e. The van der Waals surface area contributed by atoms with E-state index in [0.29, 0.717) is 26.2 Å². The van der Waals surface area contributed by atoms with Crippen LogP contribution in [0.1, 0.15) is 12.5 Å². The Hall–Kier alpha value is -1.59. The monoisotopic (exact) mass is 252 g/mol. The lowest BCUT2D eigenvalue weighted by Gasteiger charge is -2.12. The van der Waals surface area contributed by atoms with Gasteiger partial charge in [0.15, 0.2) is 0 Å². The molecule has 1 amide bonds. The van der Waals surface area contributed by atoms with Crippen molar-refractivity contribution in [3.05, 3.63) is 29.8 Å². The van der Waals surface area contributed by atoms with Gasteiger partial charge in [0.05, 0.1) is 12.6 Å². The maximum absolute atomic E-state index is 11.6. The van der Waals surface area contributed by atoms with E-state index in [1.165, 1.54) is 0 Å².